The van der Waals surface area contributed by atoms with Gasteiger partial charge in [-0.3, -0.25) is 0 Å². The molecule has 0 amide bonds. The fourth-order valence-corrected chi connectivity index (χ4v) is 1.81. The van der Waals surface area contributed by atoms with Gasteiger partial charge in [-0.05, 0) is 35.0 Å². The summed E-state index contributed by atoms with van der Waals surface area (Å²) in [6.45, 7) is -0.317. The lowest BCUT2D eigenvalue weighted by Gasteiger charge is -2.05. The number of ether oxygens (including phenoxy) is 1. The zero-order chi connectivity index (χ0) is 11.5. The van der Waals surface area contributed by atoms with Crippen molar-refractivity contribution in [1.29, 1.82) is 0 Å². The summed E-state index contributed by atoms with van der Waals surface area (Å²) in [5, 5.41) is 10.6. The van der Waals surface area contributed by atoms with Crippen LogP contribution >= 0.6 is 15.9 Å². The normalized spacial score (nSPS) is 10.3. The monoisotopic (exact) mass is 280 g/mol. The third-order valence-corrected chi connectivity index (χ3v) is 2.63. The molecule has 0 aliphatic carbocycles. The first-order valence-electron chi connectivity index (χ1n) is 4.69. The molecule has 0 atom stereocenters. The lowest BCUT2D eigenvalue weighted by atomic mass is 10.1. The molecular weight excluding hydrogens is 272 g/mol. The molecule has 0 aliphatic rings. The molecule has 0 aromatic heterocycles. The molecule has 0 unspecified atom stereocenters. The molecule has 4 heteroatoms. The number of carbonyl (C=O) groups is 1. The lowest BCUT2D eigenvalue weighted by molar-refractivity contribution is -0.139. The Hall–Kier alpha value is -1.55. The van der Waals surface area contributed by atoms with Gasteiger partial charge >= 0.3 is 5.97 Å². The van der Waals surface area contributed by atoms with E-state index in [0.717, 1.165) is 15.2 Å². The molecule has 0 saturated carbocycles. The van der Waals surface area contributed by atoms with Gasteiger partial charge in [-0.25, -0.2) is 4.79 Å². The van der Waals surface area contributed by atoms with Crippen molar-refractivity contribution in [2.45, 2.75) is 0 Å². The Balaban J connectivity index is 2.30. The zero-order valence-electron chi connectivity index (χ0n) is 8.31. The number of fused-ring (bicyclic) bond motifs is 1. The van der Waals surface area contributed by atoms with Crippen LogP contribution in [0, 0.1) is 0 Å². The van der Waals surface area contributed by atoms with Gasteiger partial charge in [0.2, 0.25) is 0 Å². The van der Waals surface area contributed by atoms with Crippen LogP contribution in [0.5, 0.6) is 5.75 Å². The second kappa shape index (κ2) is 4.53. The summed E-state index contributed by atoms with van der Waals surface area (Å²) in [7, 11) is 0. The smallest absolute Gasteiger partial charge is 0.341 e. The summed E-state index contributed by atoms with van der Waals surface area (Å²) in [6, 6.07) is 11.4. The molecule has 82 valence electrons. The average Bonchev–Trinajstić information content (AvgIpc) is 2.26. The second-order valence-electron chi connectivity index (χ2n) is 3.34. The maximum absolute atomic E-state index is 10.3. The largest absolute Gasteiger partial charge is 0.482 e. The fourth-order valence-electron chi connectivity index (χ4n) is 1.43. The predicted octanol–water partition coefficient (Wildman–Crippen LogP) is 3.07. The number of benzene rings is 2. The van der Waals surface area contributed by atoms with Crippen LogP contribution in [0.25, 0.3) is 10.8 Å². The molecule has 0 heterocycles. The van der Waals surface area contributed by atoms with Gasteiger partial charge in [-0.2, -0.15) is 0 Å². The van der Waals surface area contributed by atoms with Crippen LogP contribution < -0.4 is 4.74 Å². The molecule has 0 spiro atoms. The second-order valence-corrected chi connectivity index (χ2v) is 4.25. The Morgan fingerprint density at radius 3 is 2.62 bits per heavy atom. The van der Waals surface area contributed by atoms with Gasteiger partial charge in [0.25, 0.3) is 0 Å². The number of aliphatic carboxylic acids is 1. The minimum absolute atomic E-state index is 0.317. The van der Waals surface area contributed by atoms with E-state index in [1.54, 1.807) is 6.07 Å². The van der Waals surface area contributed by atoms with Gasteiger partial charge in [0.1, 0.15) is 5.75 Å². The third kappa shape index (κ3) is 2.52. The van der Waals surface area contributed by atoms with Crippen LogP contribution in [0.15, 0.2) is 40.9 Å². The van der Waals surface area contributed by atoms with E-state index in [9.17, 15) is 4.79 Å². The maximum Gasteiger partial charge on any atom is 0.341 e. The molecule has 2 rings (SSSR count). The first kappa shape index (κ1) is 11.0. The summed E-state index contributed by atoms with van der Waals surface area (Å²) in [4.78, 5) is 10.3. The molecule has 0 fully saturated rings. The van der Waals surface area contributed by atoms with Gasteiger partial charge in [0.15, 0.2) is 6.61 Å². The van der Waals surface area contributed by atoms with E-state index >= 15 is 0 Å². The van der Waals surface area contributed by atoms with E-state index in [1.165, 1.54) is 0 Å². The van der Waals surface area contributed by atoms with Gasteiger partial charge in [0.05, 0.1) is 0 Å². The van der Waals surface area contributed by atoms with Gasteiger partial charge in [0, 0.05) is 4.47 Å². The highest BCUT2D eigenvalue weighted by Gasteiger charge is 2.01. The molecular formula is C12H9BrO3. The van der Waals surface area contributed by atoms with Gasteiger partial charge < -0.3 is 9.84 Å². The van der Waals surface area contributed by atoms with Crippen molar-refractivity contribution >= 4 is 32.7 Å². The van der Waals surface area contributed by atoms with Crippen LogP contribution in [-0.2, 0) is 4.79 Å². The minimum Gasteiger partial charge on any atom is -0.482 e. The van der Waals surface area contributed by atoms with Crippen molar-refractivity contribution in [3.05, 3.63) is 40.9 Å². The van der Waals surface area contributed by atoms with E-state index in [2.05, 4.69) is 15.9 Å². The number of carboxylic acids is 1. The van der Waals surface area contributed by atoms with Crippen molar-refractivity contribution in [1.82, 2.24) is 0 Å². The Morgan fingerprint density at radius 1 is 1.19 bits per heavy atom. The summed E-state index contributed by atoms with van der Waals surface area (Å²) in [5.74, 6) is -0.409. The number of carboxylic acid groups (broad SMARTS) is 1. The molecule has 2 aromatic rings. The molecule has 0 aliphatic heterocycles. The summed E-state index contributed by atoms with van der Waals surface area (Å²) >= 11 is 3.39. The first-order valence-corrected chi connectivity index (χ1v) is 5.48. The molecule has 16 heavy (non-hydrogen) atoms. The molecule has 0 saturated heterocycles. The molecule has 2 aromatic carbocycles. The van der Waals surface area contributed by atoms with Crippen LogP contribution in [0.3, 0.4) is 0 Å². The third-order valence-electron chi connectivity index (χ3n) is 2.14. The van der Waals surface area contributed by atoms with Crippen molar-refractivity contribution in [2.24, 2.45) is 0 Å². The average molecular weight is 281 g/mol. The highest BCUT2D eigenvalue weighted by Crippen LogP contribution is 2.23. The molecule has 0 bridgehead atoms. The highest BCUT2D eigenvalue weighted by molar-refractivity contribution is 9.10. The summed E-state index contributed by atoms with van der Waals surface area (Å²) in [6.07, 6.45) is 0. The molecule has 0 radical (unpaired) electrons. The van der Waals surface area contributed by atoms with E-state index in [4.69, 9.17) is 9.84 Å². The fraction of sp³-hybridized carbons (Fsp3) is 0.0833. The zero-order valence-corrected chi connectivity index (χ0v) is 9.90. The van der Waals surface area contributed by atoms with E-state index in [1.807, 2.05) is 30.3 Å². The van der Waals surface area contributed by atoms with Crippen LogP contribution in [-0.4, -0.2) is 17.7 Å². The topological polar surface area (TPSA) is 46.5 Å². The summed E-state index contributed by atoms with van der Waals surface area (Å²) in [5.41, 5.74) is 0. The predicted molar refractivity (Wildman–Crippen MR) is 64.8 cm³/mol. The Labute approximate surface area is 101 Å². The number of halogens is 1. The number of rotatable bonds is 3. The molecule has 1 N–H and O–H groups in total. The highest BCUT2D eigenvalue weighted by atomic mass is 79.9. The van der Waals surface area contributed by atoms with Crippen molar-refractivity contribution in [3.63, 3.8) is 0 Å². The maximum atomic E-state index is 10.3. The van der Waals surface area contributed by atoms with Crippen molar-refractivity contribution in [3.8, 4) is 5.75 Å². The van der Waals surface area contributed by atoms with Crippen molar-refractivity contribution in [2.75, 3.05) is 6.61 Å². The Morgan fingerprint density at radius 2 is 1.88 bits per heavy atom. The van der Waals surface area contributed by atoms with Crippen LogP contribution in [0.1, 0.15) is 0 Å². The van der Waals surface area contributed by atoms with E-state index < -0.39 is 5.97 Å². The van der Waals surface area contributed by atoms with E-state index in [0.29, 0.717) is 5.75 Å². The van der Waals surface area contributed by atoms with Crippen LogP contribution in [0.4, 0.5) is 0 Å². The SMILES string of the molecule is O=C(O)COc1ccc2cc(Br)ccc2c1. The van der Waals surface area contributed by atoms with E-state index in [-0.39, 0.29) is 6.61 Å². The minimum atomic E-state index is -0.976. The quantitative estimate of drug-likeness (QED) is 0.940. The number of hydrogen-bond acceptors (Lipinski definition) is 2. The standard InChI is InChI=1S/C12H9BrO3/c13-10-3-1-9-6-11(16-7-12(14)15)4-2-8(9)5-10/h1-6H,7H2,(H,14,15). The van der Waals surface area contributed by atoms with Gasteiger partial charge in [-0.15, -0.1) is 0 Å². The number of hydrogen-bond donors (Lipinski definition) is 1. The first-order chi connectivity index (χ1) is 7.65. The summed E-state index contributed by atoms with van der Waals surface area (Å²) < 4.78 is 6.11. The molecule has 3 nitrogen and oxygen atoms in total. The Kier molecular flexibility index (Phi) is 3.10. The van der Waals surface area contributed by atoms with Gasteiger partial charge in [-0.1, -0.05) is 28.1 Å². The van der Waals surface area contributed by atoms with Crippen molar-refractivity contribution < 1.29 is 14.6 Å². The Bertz CT molecular complexity index is 537. The van der Waals surface area contributed by atoms with Crippen LogP contribution in [0.2, 0.25) is 0 Å². The lowest BCUT2D eigenvalue weighted by Crippen LogP contribution is -2.09.